The fourth-order valence-corrected chi connectivity index (χ4v) is 2.13. The Labute approximate surface area is 137 Å². The van der Waals surface area contributed by atoms with Crippen LogP contribution < -0.4 is 10.2 Å². The zero-order valence-corrected chi connectivity index (χ0v) is 14.4. The molecule has 5 nitrogen and oxygen atoms in total. The molecule has 1 N–H and O–H groups in total. The summed E-state index contributed by atoms with van der Waals surface area (Å²) in [4.78, 5) is 27.2. The molecule has 1 aromatic rings. The van der Waals surface area contributed by atoms with Gasteiger partial charge in [0.2, 0.25) is 11.8 Å². The third-order valence-electron chi connectivity index (χ3n) is 3.25. The number of carbonyl (C=O) groups is 2. The molecule has 22 heavy (non-hydrogen) atoms. The van der Waals surface area contributed by atoms with E-state index in [1.165, 1.54) is 11.8 Å². The van der Waals surface area contributed by atoms with Gasteiger partial charge < -0.3 is 15.1 Å². The first-order chi connectivity index (χ1) is 10.3. The zero-order chi connectivity index (χ0) is 16.7. The van der Waals surface area contributed by atoms with Crippen molar-refractivity contribution in [3.05, 3.63) is 28.8 Å². The molecule has 122 valence electrons. The lowest BCUT2D eigenvalue weighted by Gasteiger charge is -2.21. The Bertz CT molecular complexity index is 532. The molecule has 0 bridgehead atoms. The lowest BCUT2D eigenvalue weighted by Crippen LogP contribution is -2.40. The van der Waals surface area contributed by atoms with E-state index in [0.29, 0.717) is 17.3 Å². The van der Waals surface area contributed by atoms with Crippen LogP contribution in [0.25, 0.3) is 0 Å². The van der Waals surface area contributed by atoms with Crippen molar-refractivity contribution in [2.24, 2.45) is 0 Å². The van der Waals surface area contributed by atoms with E-state index in [-0.39, 0.29) is 18.4 Å². The van der Waals surface area contributed by atoms with Crippen LogP contribution in [0.15, 0.2) is 18.2 Å². The number of nitrogens with one attached hydrogen (secondary N) is 1. The smallest absolute Gasteiger partial charge is 0.240 e. The van der Waals surface area contributed by atoms with Crippen LogP contribution in [0.3, 0.4) is 0 Å². The summed E-state index contributed by atoms with van der Waals surface area (Å²) >= 11 is 6.09. The first-order valence-corrected chi connectivity index (χ1v) is 7.64. The number of carbonyl (C=O) groups excluding carboxylic acids is 2. The highest BCUT2D eigenvalue weighted by atomic mass is 35.5. The number of anilines is 1. The van der Waals surface area contributed by atoms with Crippen molar-refractivity contribution in [1.29, 1.82) is 0 Å². The van der Waals surface area contributed by atoms with Gasteiger partial charge in [-0.3, -0.25) is 9.59 Å². The maximum atomic E-state index is 12.0. The lowest BCUT2D eigenvalue weighted by atomic mass is 10.2. The van der Waals surface area contributed by atoms with Gasteiger partial charge in [-0.15, -0.1) is 0 Å². The Balaban J connectivity index is 2.62. The second-order valence-electron chi connectivity index (χ2n) is 5.55. The van der Waals surface area contributed by atoms with Gasteiger partial charge in [-0.25, -0.2) is 0 Å². The van der Waals surface area contributed by atoms with E-state index in [4.69, 9.17) is 11.6 Å². The highest BCUT2D eigenvalue weighted by molar-refractivity contribution is 6.31. The summed E-state index contributed by atoms with van der Waals surface area (Å²) in [6.07, 6.45) is 0.870. The van der Waals surface area contributed by atoms with Crippen LogP contribution in [-0.4, -0.2) is 50.4 Å². The zero-order valence-electron chi connectivity index (χ0n) is 13.6. The van der Waals surface area contributed by atoms with Gasteiger partial charge in [0.1, 0.15) is 6.54 Å². The molecular weight excluding hydrogens is 302 g/mol. The third kappa shape index (κ3) is 6.03. The van der Waals surface area contributed by atoms with E-state index < -0.39 is 0 Å². The monoisotopic (exact) mass is 325 g/mol. The number of amides is 2. The number of hydrogen-bond acceptors (Lipinski definition) is 3. The Morgan fingerprint density at radius 1 is 1.27 bits per heavy atom. The van der Waals surface area contributed by atoms with Gasteiger partial charge in [0.05, 0.1) is 0 Å². The summed E-state index contributed by atoms with van der Waals surface area (Å²) < 4.78 is 0. The van der Waals surface area contributed by atoms with Crippen molar-refractivity contribution in [2.45, 2.75) is 20.3 Å². The molecule has 0 saturated carbocycles. The van der Waals surface area contributed by atoms with Crippen molar-refractivity contribution in [1.82, 2.24) is 10.2 Å². The van der Waals surface area contributed by atoms with Gasteiger partial charge in [0.25, 0.3) is 0 Å². The van der Waals surface area contributed by atoms with Crippen molar-refractivity contribution in [2.75, 3.05) is 38.6 Å². The normalized spacial score (nSPS) is 10.6. The molecule has 0 aliphatic heterocycles. The fourth-order valence-electron chi connectivity index (χ4n) is 1.96. The third-order valence-corrected chi connectivity index (χ3v) is 3.66. The summed E-state index contributed by atoms with van der Waals surface area (Å²) in [5.74, 6) is -0.367. The van der Waals surface area contributed by atoms with Gasteiger partial charge in [0, 0.05) is 24.2 Å². The van der Waals surface area contributed by atoms with Crippen molar-refractivity contribution < 1.29 is 9.59 Å². The van der Waals surface area contributed by atoms with Crippen molar-refractivity contribution in [3.63, 3.8) is 0 Å². The maximum Gasteiger partial charge on any atom is 0.240 e. The predicted octanol–water partition coefficient (Wildman–Crippen LogP) is 2.07. The van der Waals surface area contributed by atoms with E-state index in [9.17, 15) is 9.59 Å². The molecule has 0 saturated heterocycles. The summed E-state index contributed by atoms with van der Waals surface area (Å²) in [5.41, 5.74) is 1.56. The van der Waals surface area contributed by atoms with E-state index in [2.05, 4.69) is 10.2 Å². The van der Waals surface area contributed by atoms with Gasteiger partial charge in [-0.1, -0.05) is 17.7 Å². The van der Waals surface area contributed by atoms with Crippen LogP contribution in [0, 0.1) is 6.92 Å². The second-order valence-corrected chi connectivity index (χ2v) is 5.95. The summed E-state index contributed by atoms with van der Waals surface area (Å²) in [6.45, 7) is 4.83. The number of nitrogens with zero attached hydrogens (tertiary/aromatic N) is 2. The Morgan fingerprint density at radius 2 is 1.95 bits per heavy atom. The number of halogens is 1. The number of aryl methyl sites for hydroxylation is 1. The molecule has 0 fully saturated rings. The largest absolute Gasteiger partial charge is 0.355 e. The molecule has 6 heteroatoms. The van der Waals surface area contributed by atoms with Crippen LogP contribution in [0.5, 0.6) is 0 Å². The second kappa shape index (κ2) is 8.76. The maximum absolute atomic E-state index is 12.0. The molecular formula is C16H24ClN3O2. The van der Waals surface area contributed by atoms with E-state index in [0.717, 1.165) is 18.5 Å². The first-order valence-electron chi connectivity index (χ1n) is 7.27. The van der Waals surface area contributed by atoms with Crippen LogP contribution in [0.4, 0.5) is 5.69 Å². The lowest BCUT2D eigenvalue weighted by molar-refractivity contribution is -0.123. The molecule has 0 spiro atoms. The quantitative estimate of drug-likeness (QED) is 0.781. The average Bonchev–Trinajstić information content (AvgIpc) is 2.43. The SMILES string of the molecule is CC(=O)N(CC(=O)NCCCN(C)C)c1ccc(C)c(Cl)c1. The number of hydrogen-bond donors (Lipinski definition) is 1. The van der Waals surface area contributed by atoms with E-state index >= 15 is 0 Å². The Morgan fingerprint density at radius 3 is 2.50 bits per heavy atom. The van der Waals surface area contributed by atoms with Crippen molar-refractivity contribution >= 4 is 29.1 Å². The average molecular weight is 326 g/mol. The number of benzene rings is 1. The standard InChI is InChI=1S/C16H24ClN3O2/c1-12-6-7-14(10-15(12)17)20(13(2)21)11-16(22)18-8-5-9-19(3)4/h6-7,10H,5,8-9,11H2,1-4H3,(H,18,22). The highest BCUT2D eigenvalue weighted by Gasteiger charge is 2.16. The van der Waals surface area contributed by atoms with Crippen LogP contribution >= 0.6 is 11.6 Å². The molecule has 0 aromatic heterocycles. The van der Waals surface area contributed by atoms with Crippen LogP contribution in [0.2, 0.25) is 5.02 Å². The molecule has 0 aliphatic rings. The van der Waals surface area contributed by atoms with E-state index in [1.54, 1.807) is 12.1 Å². The molecule has 2 amide bonds. The fraction of sp³-hybridized carbons (Fsp3) is 0.500. The van der Waals surface area contributed by atoms with Crippen LogP contribution in [0.1, 0.15) is 18.9 Å². The van der Waals surface area contributed by atoms with Gasteiger partial charge in [-0.05, 0) is 51.7 Å². The first kappa shape index (κ1) is 18.5. The summed E-state index contributed by atoms with van der Waals surface area (Å²) in [5, 5.41) is 3.41. The highest BCUT2D eigenvalue weighted by Crippen LogP contribution is 2.23. The molecule has 0 atom stereocenters. The molecule has 0 radical (unpaired) electrons. The minimum absolute atomic E-state index is 0.00329. The van der Waals surface area contributed by atoms with Gasteiger partial charge in [0.15, 0.2) is 0 Å². The topological polar surface area (TPSA) is 52.7 Å². The molecule has 0 heterocycles. The summed E-state index contributed by atoms with van der Waals surface area (Å²) in [7, 11) is 3.97. The van der Waals surface area contributed by atoms with Gasteiger partial charge in [-0.2, -0.15) is 0 Å². The molecule has 1 rings (SSSR count). The molecule has 1 aromatic carbocycles. The molecule has 0 unspecified atom stereocenters. The number of rotatable bonds is 7. The Hall–Kier alpha value is -1.59. The van der Waals surface area contributed by atoms with Crippen molar-refractivity contribution in [3.8, 4) is 0 Å². The minimum atomic E-state index is -0.191. The minimum Gasteiger partial charge on any atom is -0.355 e. The van der Waals surface area contributed by atoms with E-state index in [1.807, 2.05) is 27.1 Å². The summed E-state index contributed by atoms with van der Waals surface area (Å²) in [6, 6.07) is 5.34. The van der Waals surface area contributed by atoms with Gasteiger partial charge >= 0.3 is 0 Å². The van der Waals surface area contributed by atoms with Crippen LogP contribution in [-0.2, 0) is 9.59 Å². The molecule has 0 aliphatic carbocycles. The predicted molar refractivity (Wildman–Crippen MR) is 90.4 cm³/mol. The Kier molecular flexibility index (Phi) is 7.35.